The minimum Gasteiger partial charge on any atom is -0.381 e. The third-order valence-electron chi connectivity index (χ3n) is 5.04. The summed E-state index contributed by atoms with van der Waals surface area (Å²) in [7, 11) is 1.75. The molecule has 0 aliphatic carbocycles. The quantitative estimate of drug-likeness (QED) is 0.664. The summed E-state index contributed by atoms with van der Waals surface area (Å²) in [5, 5.41) is 0. The molecule has 0 spiro atoms. The Morgan fingerprint density at radius 2 is 1.63 bits per heavy atom. The molecule has 0 amide bonds. The maximum Gasteiger partial charge on any atom is 0.160 e. The summed E-state index contributed by atoms with van der Waals surface area (Å²) < 4.78 is 11.4. The first-order valence-corrected chi connectivity index (χ1v) is 9.84. The highest BCUT2D eigenvalue weighted by Gasteiger charge is 2.34. The molecular formula is C22H24O4S. The van der Waals surface area contributed by atoms with Crippen LogP contribution in [0, 0.1) is 0 Å². The predicted molar refractivity (Wildman–Crippen MR) is 106 cm³/mol. The normalized spacial score (nSPS) is 16.1. The lowest BCUT2D eigenvalue weighted by Gasteiger charge is -2.36. The van der Waals surface area contributed by atoms with Crippen LogP contribution >= 0.6 is 11.8 Å². The van der Waals surface area contributed by atoms with Crippen molar-refractivity contribution in [2.24, 2.45) is 0 Å². The molecule has 5 heteroatoms. The van der Waals surface area contributed by atoms with Gasteiger partial charge in [0.05, 0.1) is 5.60 Å². The van der Waals surface area contributed by atoms with Crippen molar-refractivity contribution in [3.8, 4) is 0 Å². The Bertz CT molecular complexity index is 853. The summed E-state index contributed by atoms with van der Waals surface area (Å²) >= 11 is 1.58. The van der Waals surface area contributed by atoms with Gasteiger partial charge in [-0.1, -0.05) is 23.9 Å². The highest BCUT2D eigenvalue weighted by atomic mass is 32.2. The zero-order valence-electron chi connectivity index (χ0n) is 15.9. The van der Waals surface area contributed by atoms with Gasteiger partial charge in [-0.05, 0) is 49.7 Å². The van der Waals surface area contributed by atoms with Gasteiger partial charge in [0.15, 0.2) is 11.6 Å². The number of ether oxygens (including phenoxy) is 2. The van der Waals surface area contributed by atoms with Gasteiger partial charge in [-0.3, -0.25) is 9.59 Å². The molecule has 0 unspecified atom stereocenters. The Labute approximate surface area is 164 Å². The molecule has 1 aliphatic rings. The van der Waals surface area contributed by atoms with Gasteiger partial charge in [-0.25, -0.2) is 0 Å². The molecule has 0 atom stereocenters. The number of rotatable bonds is 6. The Kier molecular flexibility index (Phi) is 6.15. The van der Waals surface area contributed by atoms with E-state index in [0.29, 0.717) is 24.3 Å². The molecule has 0 saturated carbocycles. The van der Waals surface area contributed by atoms with E-state index in [1.807, 2.05) is 18.2 Å². The van der Waals surface area contributed by atoms with E-state index in [-0.39, 0.29) is 17.2 Å². The number of carbonyl (C=O) groups is 2. The molecule has 27 heavy (non-hydrogen) atoms. The summed E-state index contributed by atoms with van der Waals surface area (Å²) in [5.74, 6) is -0.197. The second kappa shape index (κ2) is 8.38. The van der Waals surface area contributed by atoms with Gasteiger partial charge in [-0.2, -0.15) is 0 Å². The lowest BCUT2D eigenvalue weighted by atomic mass is 9.86. The minimum atomic E-state index is -0.308. The van der Waals surface area contributed by atoms with Crippen LogP contribution in [0.15, 0.2) is 52.3 Å². The van der Waals surface area contributed by atoms with Crippen LogP contribution < -0.4 is 0 Å². The van der Waals surface area contributed by atoms with E-state index in [1.54, 1.807) is 31.0 Å². The summed E-state index contributed by atoms with van der Waals surface area (Å²) in [6.07, 6.45) is 1.67. The van der Waals surface area contributed by atoms with E-state index in [4.69, 9.17) is 9.47 Å². The van der Waals surface area contributed by atoms with Crippen molar-refractivity contribution in [1.82, 2.24) is 0 Å². The Hall–Kier alpha value is -1.95. The summed E-state index contributed by atoms with van der Waals surface area (Å²) in [4.78, 5) is 25.7. The van der Waals surface area contributed by atoms with Crippen molar-refractivity contribution in [3.63, 3.8) is 0 Å². The van der Waals surface area contributed by atoms with Crippen molar-refractivity contribution >= 4 is 23.3 Å². The van der Waals surface area contributed by atoms with Crippen LogP contribution in [-0.2, 0) is 15.1 Å². The standard InChI is InChI=1S/C22H24O4S/c1-15(23)20-8-7-19(14-21(20)16(2)24)27-18-6-4-5-17(13-18)22(25-3)9-11-26-12-10-22/h4-8,13-14H,9-12H2,1-3H3. The van der Waals surface area contributed by atoms with Crippen LogP contribution in [-0.4, -0.2) is 31.9 Å². The lowest BCUT2D eigenvalue weighted by molar-refractivity contribution is -0.0948. The monoisotopic (exact) mass is 384 g/mol. The predicted octanol–water partition coefficient (Wildman–Crippen LogP) is 4.90. The molecule has 1 saturated heterocycles. The Morgan fingerprint density at radius 3 is 2.26 bits per heavy atom. The maximum absolute atomic E-state index is 11.9. The van der Waals surface area contributed by atoms with Crippen LogP contribution in [0.1, 0.15) is 53.0 Å². The lowest BCUT2D eigenvalue weighted by Crippen LogP contribution is -2.35. The van der Waals surface area contributed by atoms with Crippen LogP contribution in [0.3, 0.4) is 0 Å². The number of hydrogen-bond acceptors (Lipinski definition) is 5. The third-order valence-corrected chi connectivity index (χ3v) is 6.02. The fraction of sp³-hybridized carbons (Fsp3) is 0.364. The third kappa shape index (κ3) is 4.32. The average molecular weight is 384 g/mol. The van der Waals surface area contributed by atoms with Gasteiger partial charge < -0.3 is 9.47 Å². The number of ketones is 2. The molecule has 0 N–H and O–H groups in total. The number of methoxy groups -OCH3 is 1. The number of hydrogen-bond donors (Lipinski definition) is 0. The van der Waals surface area contributed by atoms with Crippen LogP contribution in [0.25, 0.3) is 0 Å². The molecule has 0 radical (unpaired) electrons. The molecular weight excluding hydrogens is 360 g/mol. The molecule has 2 aromatic rings. The zero-order valence-corrected chi connectivity index (χ0v) is 16.7. The second-order valence-electron chi connectivity index (χ2n) is 6.76. The number of Topliss-reactive ketones (excluding diaryl/α,β-unsaturated/α-hetero) is 2. The summed E-state index contributed by atoms with van der Waals surface area (Å²) in [5.41, 5.74) is 1.78. The highest BCUT2D eigenvalue weighted by molar-refractivity contribution is 7.99. The second-order valence-corrected chi connectivity index (χ2v) is 7.91. The van der Waals surface area contributed by atoms with Crippen LogP contribution in [0.4, 0.5) is 0 Å². The van der Waals surface area contributed by atoms with Crippen molar-refractivity contribution in [2.45, 2.75) is 42.1 Å². The largest absolute Gasteiger partial charge is 0.381 e. The van der Waals surface area contributed by atoms with Crippen molar-refractivity contribution in [1.29, 1.82) is 0 Å². The van der Waals surface area contributed by atoms with Crippen LogP contribution in [0.2, 0.25) is 0 Å². The van der Waals surface area contributed by atoms with Gasteiger partial charge in [0.1, 0.15) is 0 Å². The van der Waals surface area contributed by atoms with E-state index in [9.17, 15) is 9.59 Å². The first-order valence-electron chi connectivity index (χ1n) is 9.02. The first kappa shape index (κ1) is 19.8. The molecule has 0 aromatic heterocycles. The maximum atomic E-state index is 11.9. The van der Waals surface area contributed by atoms with Gasteiger partial charge in [0.2, 0.25) is 0 Å². The average Bonchev–Trinajstić information content (AvgIpc) is 2.68. The molecule has 4 nitrogen and oxygen atoms in total. The van der Waals surface area contributed by atoms with Crippen LogP contribution in [0.5, 0.6) is 0 Å². The zero-order chi connectivity index (χ0) is 19.4. The van der Waals surface area contributed by atoms with E-state index < -0.39 is 0 Å². The Morgan fingerprint density at radius 1 is 0.963 bits per heavy atom. The van der Waals surface area contributed by atoms with Gasteiger partial charge in [-0.15, -0.1) is 0 Å². The molecule has 1 fully saturated rings. The molecule has 1 heterocycles. The van der Waals surface area contributed by atoms with E-state index in [1.165, 1.54) is 13.8 Å². The minimum absolute atomic E-state index is 0.0969. The number of benzene rings is 2. The van der Waals surface area contributed by atoms with E-state index in [2.05, 4.69) is 12.1 Å². The molecule has 142 valence electrons. The first-order chi connectivity index (χ1) is 12.9. The topological polar surface area (TPSA) is 52.6 Å². The molecule has 1 aliphatic heterocycles. The highest BCUT2D eigenvalue weighted by Crippen LogP contribution is 2.38. The smallest absolute Gasteiger partial charge is 0.160 e. The van der Waals surface area contributed by atoms with Crippen molar-refractivity contribution in [3.05, 3.63) is 59.2 Å². The molecule has 2 aromatic carbocycles. The van der Waals surface area contributed by atoms with Crippen molar-refractivity contribution in [2.75, 3.05) is 20.3 Å². The molecule has 3 rings (SSSR count). The molecule has 0 bridgehead atoms. The summed E-state index contributed by atoms with van der Waals surface area (Å²) in [6, 6.07) is 13.7. The summed E-state index contributed by atoms with van der Waals surface area (Å²) in [6.45, 7) is 4.36. The van der Waals surface area contributed by atoms with Gasteiger partial charge in [0.25, 0.3) is 0 Å². The Balaban J connectivity index is 1.89. The van der Waals surface area contributed by atoms with E-state index in [0.717, 1.165) is 28.2 Å². The fourth-order valence-corrected chi connectivity index (χ4v) is 4.39. The number of carbonyl (C=O) groups excluding carboxylic acids is 2. The van der Waals surface area contributed by atoms with Gasteiger partial charge >= 0.3 is 0 Å². The van der Waals surface area contributed by atoms with Gasteiger partial charge in [0, 0.05) is 54.1 Å². The fourth-order valence-electron chi connectivity index (χ4n) is 3.48. The van der Waals surface area contributed by atoms with Crippen molar-refractivity contribution < 1.29 is 19.1 Å². The SMILES string of the molecule is COC1(c2cccc(Sc3ccc(C(C)=O)c(C(C)=O)c3)c2)CCOCC1. The van der Waals surface area contributed by atoms with E-state index >= 15 is 0 Å².